The van der Waals surface area contributed by atoms with E-state index < -0.39 is 0 Å². The van der Waals surface area contributed by atoms with Crippen molar-refractivity contribution in [3.63, 3.8) is 0 Å². The van der Waals surface area contributed by atoms with E-state index in [2.05, 4.69) is 305 Å². The molecule has 0 bridgehead atoms. The normalized spacial score (nSPS) is 11.7. The first-order valence-corrected chi connectivity index (χ1v) is 28.6. The predicted octanol–water partition coefficient (Wildman–Crippen LogP) is 22.9. The summed E-state index contributed by atoms with van der Waals surface area (Å²) in [5.74, 6) is 0. The van der Waals surface area contributed by atoms with Gasteiger partial charge in [0.25, 0.3) is 0 Å². The van der Waals surface area contributed by atoms with Gasteiger partial charge in [-0.25, -0.2) is 0 Å². The molecule has 0 aliphatic rings. The Morgan fingerprint density at radius 2 is 0.554 bits per heavy atom. The van der Waals surface area contributed by atoms with Crippen LogP contribution in [0.25, 0.3) is 110 Å². The van der Waals surface area contributed by atoms with Crippen molar-refractivity contribution in [3.8, 4) is 44.5 Å². The van der Waals surface area contributed by atoms with Crippen LogP contribution in [0.3, 0.4) is 0 Å². The van der Waals surface area contributed by atoms with Gasteiger partial charge in [0.2, 0.25) is 0 Å². The maximum Gasteiger partial charge on any atom is 0.142 e. The van der Waals surface area contributed by atoms with Crippen molar-refractivity contribution in [2.45, 2.75) is 34.6 Å². The van der Waals surface area contributed by atoms with Gasteiger partial charge in [-0.05, 0) is 202 Å². The zero-order valence-electron chi connectivity index (χ0n) is 47.0. The van der Waals surface area contributed by atoms with Crippen LogP contribution in [-0.4, -0.2) is 0 Å². The predicted molar refractivity (Wildman–Crippen MR) is 351 cm³/mol. The molecule has 0 atom stereocenters. The molecule has 13 aromatic carbocycles. The van der Waals surface area contributed by atoms with Crippen LogP contribution in [0.15, 0.2) is 270 Å². The highest BCUT2D eigenvalue weighted by molar-refractivity contribution is 6.20. The minimum absolute atomic E-state index is 0.842. The summed E-state index contributed by atoms with van der Waals surface area (Å²) in [6.07, 6.45) is 0. The van der Waals surface area contributed by atoms with E-state index in [0.29, 0.717) is 0 Å². The summed E-state index contributed by atoms with van der Waals surface area (Å²) in [5, 5.41) is 8.80. The lowest BCUT2D eigenvalue weighted by Crippen LogP contribution is -2.13. The molecule has 2 aromatic heterocycles. The largest absolute Gasteiger partial charge is 0.456 e. The van der Waals surface area contributed by atoms with E-state index in [9.17, 15) is 0 Å². The molecule has 15 rings (SSSR count). The lowest BCUT2D eigenvalue weighted by Gasteiger charge is -2.30. The average molecular weight is 1070 g/mol. The van der Waals surface area contributed by atoms with Crippen LogP contribution in [0.2, 0.25) is 0 Å². The minimum Gasteiger partial charge on any atom is -0.456 e. The molecule has 0 aliphatic carbocycles. The number of fused-ring (bicyclic) bond motifs is 8. The molecule has 0 saturated carbocycles. The molecule has 0 spiro atoms. The van der Waals surface area contributed by atoms with E-state index in [1.807, 2.05) is 0 Å². The Morgan fingerprint density at radius 3 is 0.867 bits per heavy atom. The number of rotatable bonds is 10. The Morgan fingerprint density at radius 1 is 0.241 bits per heavy atom. The van der Waals surface area contributed by atoms with Gasteiger partial charge in [0.1, 0.15) is 22.3 Å². The molecule has 4 nitrogen and oxygen atoms in total. The first-order valence-electron chi connectivity index (χ1n) is 28.6. The van der Waals surface area contributed by atoms with Crippen molar-refractivity contribution in [1.82, 2.24) is 0 Å². The SMILES string of the molecule is Cc1ccc(-c2ccccc2)cc1N(c1ccc2cc3c(cc2c1)oc1c(C)c2oc4cc5cc(N(c6cc(-c7ccccc7)ccc6C)c6cc(-c7ccccc7)ccc6C)ccc5cc4c2cc13)c1cc(-c2ccccc2)ccc1C. The molecule has 0 saturated heterocycles. The summed E-state index contributed by atoms with van der Waals surface area (Å²) in [6.45, 7) is 11.0. The Balaban J connectivity index is 0.843. The summed E-state index contributed by atoms with van der Waals surface area (Å²) in [5.41, 5.74) is 25.2. The molecular formula is C79H58N2O2. The fraction of sp³-hybridized carbons (Fsp3) is 0.0633. The van der Waals surface area contributed by atoms with Gasteiger partial charge in [-0.15, -0.1) is 0 Å². The number of hydrogen-bond donors (Lipinski definition) is 0. The summed E-state index contributed by atoms with van der Waals surface area (Å²) in [6, 6.07) is 94.9. The Labute approximate surface area is 483 Å². The van der Waals surface area contributed by atoms with Crippen molar-refractivity contribution in [2.24, 2.45) is 0 Å². The monoisotopic (exact) mass is 1070 g/mol. The van der Waals surface area contributed by atoms with Crippen molar-refractivity contribution in [3.05, 3.63) is 289 Å². The first-order chi connectivity index (χ1) is 40.7. The van der Waals surface area contributed by atoms with Crippen molar-refractivity contribution in [1.29, 1.82) is 0 Å². The second-order valence-electron chi connectivity index (χ2n) is 22.4. The number of furan rings is 2. The van der Waals surface area contributed by atoms with Gasteiger partial charge in [0.15, 0.2) is 0 Å². The third-order valence-corrected chi connectivity index (χ3v) is 17.1. The Kier molecular flexibility index (Phi) is 11.9. The first kappa shape index (κ1) is 49.6. The summed E-state index contributed by atoms with van der Waals surface area (Å²) in [7, 11) is 0. The Hall–Kier alpha value is -10.4. The fourth-order valence-corrected chi connectivity index (χ4v) is 12.5. The van der Waals surface area contributed by atoms with Gasteiger partial charge in [0.05, 0.1) is 0 Å². The topological polar surface area (TPSA) is 32.8 Å². The number of hydrogen-bond acceptors (Lipinski definition) is 4. The highest BCUT2D eigenvalue weighted by atomic mass is 16.3. The van der Waals surface area contributed by atoms with E-state index >= 15 is 0 Å². The molecule has 4 heteroatoms. The van der Waals surface area contributed by atoms with Crippen LogP contribution in [0.4, 0.5) is 34.1 Å². The molecule has 2 heterocycles. The van der Waals surface area contributed by atoms with Crippen LogP contribution < -0.4 is 9.80 Å². The van der Waals surface area contributed by atoms with E-state index in [4.69, 9.17) is 8.83 Å². The lowest BCUT2D eigenvalue weighted by molar-refractivity contribution is 0.651. The summed E-state index contributed by atoms with van der Waals surface area (Å²) >= 11 is 0. The third-order valence-electron chi connectivity index (χ3n) is 17.1. The quantitative estimate of drug-likeness (QED) is 0.137. The van der Waals surface area contributed by atoms with Gasteiger partial charge in [-0.2, -0.15) is 0 Å². The molecule has 0 N–H and O–H groups in total. The van der Waals surface area contributed by atoms with Gasteiger partial charge in [-0.1, -0.05) is 182 Å². The number of benzene rings is 13. The summed E-state index contributed by atoms with van der Waals surface area (Å²) in [4.78, 5) is 4.88. The van der Waals surface area contributed by atoms with E-state index in [1.165, 1.54) is 66.8 Å². The molecule has 0 aliphatic heterocycles. The number of aryl methyl sites for hydroxylation is 5. The van der Waals surface area contributed by atoms with E-state index in [1.54, 1.807) is 0 Å². The van der Waals surface area contributed by atoms with E-state index in [-0.39, 0.29) is 0 Å². The van der Waals surface area contributed by atoms with Crippen molar-refractivity contribution in [2.75, 3.05) is 9.80 Å². The maximum atomic E-state index is 6.95. The standard InChI is InChI=1S/C79H58N2O2/c1-49-26-30-60(54-18-10-6-11-19-54)42-72(49)80(73-43-61(31-27-50(73)2)55-20-12-7-13-21-55)66-36-34-58-40-68-70-48-71-69-41-59-35-37-67(39-65(59)47-77(69)83-79(71)53(5)78(70)82-76(68)46-64(58)38-66)81(74-44-62(32-28-51(74)3)56-22-14-8-15-23-56)75-45-63(33-29-52(75)4)57-24-16-9-17-25-57/h6-48H,1-5H3. The zero-order chi connectivity index (χ0) is 55.9. The number of anilines is 6. The van der Waals surface area contributed by atoms with Gasteiger partial charge in [0, 0.05) is 61.2 Å². The van der Waals surface area contributed by atoms with Gasteiger partial charge >= 0.3 is 0 Å². The van der Waals surface area contributed by atoms with Crippen LogP contribution in [0.1, 0.15) is 27.8 Å². The smallest absolute Gasteiger partial charge is 0.142 e. The minimum atomic E-state index is 0.842. The average Bonchev–Trinajstić information content (AvgIpc) is 4.12. The fourth-order valence-electron chi connectivity index (χ4n) is 12.5. The summed E-state index contributed by atoms with van der Waals surface area (Å²) < 4.78 is 13.9. The molecule has 0 radical (unpaired) electrons. The van der Waals surface area contributed by atoms with Crippen LogP contribution >= 0.6 is 0 Å². The highest BCUT2D eigenvalue weighted by Gasteiger charge is 2.24. The lowest BCUT2D eigenvalue weighted by atomic mass is 9.98. The second kappa shape index (κ2) is 20.0. The van der Waals surface area contributed by atoms with Gasteiger partial charge in [-0.3, -0.25) is 0 Å². The van der Waals surface area contributed by atoms with Crippen molar-refractivity contribution >= 4 is 99.5 Å². The number of nitrogens with zero attached hydrogens (tertiary/aromatic N) is 2. The molecule has 15 aromatic rings. The molecular weight excluding hydrogens is 1010 g/mol. The maximum absolute atomic E-state index is 6.95. The van der Waals surface area contributed by atoms with Crippen LogP contribution in [-0.2, 0) is 0 Å². The highest BCUT2D eigenvalue weighted by Crippen LogP contribution is 2.47. The van der Waals surface area contributed by atoms with E-state index in [0.717, 1.165) is 105 Å². The third kappa shape index (κ3) is 8.70. The van der Waals surface area contributed by atoms with Crippen LogP contribution in [0, 0.1) is 34.6 Å². The molecule has 0 amide bonds. The molecule has 396 valence electrons. The second-order valence-corrected chi connectivity index (χ2v) is 22.4. The Bertz CT molecular complexity index is 4530. The zero-order valence-corrected chi connectivity index (χ0v) is 47.0. The van der Waals surface area contributed by atoms with Crippen molar-refractivity contribution < 1.29 is 8.83 Å². The van der Waals surface area contributed by atoms with Crippen LogP contribution in [0.5, 0.6) is 0 Å². The molecule has 0 fully saturated rings. The molecule has 0 unspecified atom stereocenters. The molecule has 83 heavy (non-hydrogen) atoms. The van der Waals surface area contributed by atoms with Gasteiger partial charge < -0.3 is 18.6 Å².